The molecule has 2 fully saturated rings. The van der Waals surface area contributed by atoms with Crippen LogP contribution in [0.2, 0.25) is 0 Å². The van der Waals surface area contributed by atoms with Crippen molar-refractivity contribution in [3.63, 3.8) is 0 Å². The Morgan fingerprint density at radius 2 is 2.13 bits per heavy atom. The summed E-state index contributed by atoms with van der Waals surface area (Å²) in [5.74, 6) is 0.768. The number of nitrogens with one attached hydrogen (secondary N) is 1. The molecule has 2 aliphatic rings. The van der Waals surface area contributed by atoms with Gasteiger partial charge in [0.25, 0.3) is 0 Å². The fourth-order valence-corrected chi connectivity index (χ4v) is 2.58. The number of likely N-dealkylation sites (N-methyl/N-ethyl adjacent to an activating group) is 1. The molecule has 2 rings (SSSR count). The first kappa shape index (κ1) is 10.9. The minimum absolute atomic E-state index is 0.354. The molecule has 1 N–H and O–H groups in total. The van der Waals surface area contributed by atoms with Crippen molar-refractivity contribution in [1.82, 2.24) is 10.2 Å². The Balaban J connectivity index is 1.92. The molecule has 1 heterocycles. The average Bonchev–Trinajstić information content (AvgIpc) is 2.18. The maximum Gasteiger partial charge on any atom is 0.225 e. The normalized spacial score (nSPS) is 27.1. The Labute approximate surface area is 92.2 Å². The molecule has 1 atom stereocenters. The van der Waals surface area contributed by atoms with E-state index in [0.29, 0.717) is 17.9 Å². The lowest BCUT2D eigenvalue weighted by molar-refractivity contribution is -0.140. The first-order chi connectivity index (χ1) is 7.33. The predicted molar refractivity (Wildman–Crippen MR) is 60.6 cm³/mol. The maximum atomic E-state index is 12.2. The van der Waals surface area contributed by atoms with E-state index in [1.54, 1.807) is 0 Å². The van der Waals surface area contributed by atoms with Gasteiger partial charge in [-0.25, -0.2) is 0 Å². The molecule has 3 heteroatoms. The minimum Gasteiger partial charge on any atom is -0.338 e. The number of carbonyl (C=O) groups is 1. The summed E-state index contributed by atoms with van der Waals surface area (Å²) in [7, 11) is 0. The van der Waals surface area contributed by atoms with Crippen LogP contribution in [0.25, 0.3) is 0 Å². The van der Waals surface area contributed by atoms with Crippen LogP contribution in [0.15, 0.2) is 0 Å². The second-order valence-electron chi connectivity index (χ2n) is 4.75. The van der Waals surface area contributed by atoms with E-state index in [1.165, 1.54) is 19.3 Å². The quantitative estimate of drug-likeness (QED) is 0.763. The highest BCUT2D eigenvalue weighted by Crippen LogP contribution is 2.29. The number of carbonyl (C=O) groups excluding carboxylic acids is 1. The van der Waals surface area contributed by atoms with Crippen LogP contribution in [0.5, 0.6) is 0 Å². The fraction of sp³-hybridized carbons (Fsp3) is 0.917. The highest BCUT2D eigenvalue weighted by molar-refractivity contribution is 5.79. The largest absolute Gasteiger partial charge is 0.338 e. The highest BCUT2D eigenvalue weighted by atomic mass is 16.2. The summed E-state index contributed by atoms with van der Waals surface area (Å²) in [4.78, 5) is 14.3. The molecule has 15 heavy (non-hydrogen) atoms. The summed E-state index contributed by atoms with van der Waals surface area (Å²) in [5.41, 5.74) is 0. The van der Waals surface area contributed by atoms with Crippen LogP contribution in [-0.2, 0) is 4.79 Å². The Morgan fingerprint density at radius 3 is 2.60 bits per heavy atom. The van der Waals surface area contributed by atoms with Crippen LogP contribution < -0.4 is 5.32 Å². The number of hydrogen-bond acceptors (Lipinski definition) is 2. The fourth-order valence-electron chi connectivity index (χ4n) is 2.58. The molecule has 1 unspecified atom stereocenters. The van der Waals surface area contributed by atoms with Gasteiger partial charge in [-0.3, -0.25) is 4.79 Å². The zero-order chi connectivity index (χ0) is 10.7. The van der Waals surface area contributed by atoms with Gasteiger partial charge in [0.2, 0.25) is 5.91 Å². The SMILES string of the molecule is CCN(C(=O)C1CCC1)C1CCCNC1. The van der Waals surface area contributed by atoms with Gasteiger partial charge in [-0.1, -0.05) is 6.42 Å². The Bertz CT molecular complexity index is 220. The topological polar surface area (TPSA) is 32.3 Å². The molecule has 0 bridgehead atoms. The Hall–Kier alpha value is -0.570. The zero-order valence-electron chi connectivity index (χ0n) is 9.67. The summed E-state index contributed by atoms with van der Waals surface area (Å²) >= 11 is 0. The molecule has 0 spiro atoms. The smallest absolute Gasteiger partial charge is 0.225 e. The number of rotatable bonds is 3. The van der Waals surface area contributed by atoms with Gasteiger partial charge in [-0.05, 0) is 39.2 Å². The van der Waals surface area contributed by atoms with Gasteiger partial charge in [0.15, 0.2) is 0 Å². The van der Waals surface area contributed by atoms with Gasteiger partial charge >= 0.3 is 0 Å². The molecular formula is C12H22N2O. The number of piperidine rings is 1. The first-order valence-electron chi connectivity index (χ1n) is 6.34. The van der Waals surface area contributed by atoms with Gasteiger partial charge in [0, 0.05) is 25.0 Å². The van der Waals surface area contributed by atoms with E-state index in [4.69, 9.17) is 0 Å². The third kappa shape index (κ3) is 2.33. The maximum absolute atomic E-state index is 12.2. The second kappa shape index (κ2) is 4.97. The van der Waals surface area contributed by atoms with E-state index in [9.17, 15) is 4.79 Å². The molecule has 0 aromatic heterocycles. The summed E-state index contributed by atoms with van der Waals surface area (Å²) in [6.45, 7) is 5.09. The molecule has 1 amide bonds. The van der Waals surface area contributed by atoms with Gasteiger partial charge in [0.05, 0.1) is 0 Å². The van der Waals surface area contributed by atoms with Crippen molar-refractivity contribution in [2.45, 2.75) is 45.1 Å². The number of amides is 1. The third-order valence-electron chi connectivity index (χ3n) is 3.79. The minimum atomic E-state index is 0.354. The molecule has 0 aromatic carbocycles. The summed E-state index contributed by atoms with van der Waals surface area (Å²) in [6, 6.07) is 0.455. The number of hydrogen-bond donors (Lipinski definition) is 1. The van der Waals surface area contributed by atoms with Crippen molar-refractivity contribution in [3.8, 4) is 0 Å². The molecule has 0 radical (unpaired) electrons. The van der Waals surface area contributed by atoms with Gasteiger partial charge < -0.3 is 10.2 Å². The van der Waals surface area contributed by atoms with Crippen molar-refractivity contribution < 1.29 is 4.79 Å². The van der Waals surface area contributed by atoms with Crippen LogP contribution in [0, 0.1) is 5.92 Å². The van der Waals surface area contributed by atoms with Crippen LogP contribution >= 0.6 is 0 Å². The van der Waals surface area contributed by atoms with Crippen molar-refractivity contribution in [1.29, 1.82) is 0 Å². The van der Waals surface area contributed by atoms with E-state index < -0.39 is 0 Å². The van der Waals surface area contributed by atoms with E-state index in [2.05, 4.69) is 17.1 Å². The Kier molecular flexibility index (Phi) is 3.62. The van der Waals surface area contributed by atoms with Crippen LogP contribution in [-0.4, -0.2) is 36.5 Å². The summed E-state index contributed by atoms with van der Waals surface area (Å²) in [6.07, 6.45) is 5.88. The van der Waals surface area contributed by atoms with Gasteiger partial charge in [0.1, 0.15) is 0 Å². The van der Waals surface area contributed by atoms with Crippen molar-refractivity contribution in [3.05, 3.63) is 0 Å². The molecule has 0 aromatic rings. The molecule has 1 saturated carbocycles. The van der Waals surface area contributed by atoms with Crippen molar-refractivity contribution in [2.75, 3.05) is 19.6 Å². The Morgan fingerprint density at radius 1 is 1.33 bits per heavy atom. The van der Waals surface area contributed by atoms with E-state index in [1.807, 2.05) is 0 Å². The lowest BCUT2D eigenvalue weighted by Gasteiger charge is -2.38. The molecular weight excluding hydrogens is 188 g/mol. The zero-order valence-corrected chi connectivity index (χ0v) is 9.67. The lowest BCUT2D eigenvalue weighted by Crippen LogP contribution is -2.51. The lowest BCUT2D eigenvalue weighted by atomic mass is 9.84. The van der Waals surface area contributed by atoms with Gasteiger partial charge in [-0.15, -0.1) is 0 Å². The van der Waals surface area contributed by atoms with Crippen LogP contribution in [0.1, 0.15) is 39.0 Å². The monoisotopic (exact) mass is 210 g/mol. The van der Waals surface area contributed by atoms with E-state index in [0.717, 1.165) is 32.5 Å². The molecule has 1 aliphatic carbocycles. The third-order valence-corrected chi connectivity index (χ3v) is 3.79. The molecule has 1 saturated heterocycles. The van der Waals surface area contributed by atoms with Crippen molar-refractivity contribution in [2.24, 2.45) is 5.92 Å². The first-order valence-corrected chi connectivity index (χ1v) is 6.34. The summed E-state index contributed by atoms with van der Waals surface area (Å²) in [5, 5.41) is 3.39. The van der Waals surface area contributed by atoms with Gasteiger partial charge in [-0.2, -0.15) is 0 Å². The van der Waals surface area contributed by atoms with Crippen LogP contribution in [0.4, 0.5) is 0 Å². The van der Waals surface area contributed by atoms with Crippen LogP contribution in [0.3, 0.4) is 0 Å². The highest BCUT2D eigenvalue weighted by Gasteiger charge is 2.32. The standard InChI is InChI=1S/C12H22N2O/c1-2-14(11-7-4-8-13-9-11)12(15)10-5-3-6-10/h10-11,13H,2-9H2,1H3. The predicted octanol–water partition coefficient (Wildman–Crippen LogP) is 1.39. The average molecular weight is 210 g/mol. The van der Waals surface area contributed by atoms with E-state index in [-0.39, 0.29) is 0 Å². The summed E-state index contributed by atoms with van der Waals surface area (Å²) < 4.78 is 0. The number of nitrogens with zero attached hydrogens (tertiary/aromatic N) is 1. The molecule has 3 nitrogen and oxygen atoms in total. The van der Waals surface area contributed by atoms with E-state index >= 15 is 0 Å². The second-order valence-corrected chi connectivity index (χ2v) is 4.75. The molecule has 1 aliphatic heterocycles. The van der Waals surface area contributed by atoms with Crippen molar-refractivity contribution >= 4 is 5.91 Å². The molecule has 86 valence electrons.